The Morgan fingerprint density at radius 1 is 1.06 bits per heavy atom. The predicted octanol–water partition coefficient (Wildman–Crippen LogP) is 6.99. The number of aryl methyl sites for hydroxylation is 1. The summed E-state index contributed by atoms with van der Waals surface area (Å²) in [4.78, 5) is 4.62. The van der Waals surface area contributed by atoms with Crippen molar-refractivity contribution >= 4 is 56.3 Å². The molecule has 1 aromatic heterocycles. The van der Waals surface area contributed by atoms with Crippen LogP contribution < -0.4 is 19.5 Å². The van der Waals surface area contributed by atoms with Gasteiger partial charge in [0.15, 0.2) is 11.5 Å². The molecule has 0 radical (unpaired) electrons. The molecule has 0 spiro atoms. The standard InChI is InChI=1S/C26H23Cl2N3O3/c1-4-33-26-18-5-6-19-24(31-21-12-23(32-3)20(28)11-15(21)2)16(13-29)14-30-25(19)17(18)7-8-22(26)34-10-9-27/h5-8,11-12,14H,4,9-10H2,1-3H3,(H,30,31). The fourth-order valence-corrected chi connectivity index (χ4v) is 4.25. The SMILES string of the molecule is CCOc1c(OCCCl)ccc2c1ccc1c(Nc3cc(OC)c(Cl)cc3C)c(C#N)cnc12. The lowest BCUT2D eigenvalue weighted by atomic mass is 10.0. The van der Waals surface area contributed by atoms with Crippen LogP contribution in [0, 0.1) is 18.3 Å². The van der Waals surface area contributed by atoms with Crippen molar-refractivity contribution in [2.24, 2.45) is 0 Å². The molecule has 0 saturated carbocycles. The summed E-state index contributed by atoms with van der Waals surface area (Å²) in [5.74, 6) is 2.20. The second-order valence-corrected chi connectivity index (χ2v) is 8.29. The molecule has 8 heteroatoms. The number of methoxy groups -OCH3 is 1. The van der Waals surface area contributed by atoms with E-state index in [9.17, 15) is 5.26 Å². The fraction of sp³-hybridized carbons (Fsp3) is 0.231. The van der Waals surface area contributed by atoms with Crippen molar-refractivity contribution in [1.29, 1.82) is 5.26 Å². The number of anilines is 2. The van der Waals surface area contributed by atoms with Crippen LogP contribution in [-0.2, 0) is 0 Å². The van der Waals surface area contributed by atoms with Gasteiger partial charge >= 0.3 is 0 Å². The van der Waals surface area contributed by atoms with Gasteiger partial charge in [-0.25, -0.2) is 0 Å². The molecule has 1 heterocycles. The van der Waals surface area contributed by atoms with Crippen molar-refractivity contribution in [3.8, 4) is 23.3 Å². The molecular formula is C26H23Cl2N3O3. The van der Waals surface area contributed by atoms with E-state index in [-0.39, 0.29) is 0 Å². The smallest absolute Gasteiger partial charge is 0.169 e. The normalized spacial score (nSPS) is 10.8. The highest BCUT2D eigenvalue weighted by Crippen LogP contribution is 2.41. The van der Waals surface area contributed by atoms with Crippen LogP contribution in [0.2, 0.25) is 5.02 Å². The number of hydrogen-bond acceptors (Lipinski definition) is 6. The molecule has 174 valence electrons. The number of hydrogen-bond donors (Lipinski definition) is 1. The molecule has 0 atom stereocenters. The molecule has 0 fully saturated rings. The van der Waals surface area contributed by atoms with Gasteiger partial charge in [0.1, 0.15) is 18.4 Å². The maximum absolute atomic E-state index is 9.79. The van der Waals surface area contributed by atoms with Crippen LogP contribution in [0.5, 0.6) is 17.2 Å². The number of fused-ring (bicyclic) bond motifs is 3. The maximum atomic E-state index is 9.79. The second-order valence-electron chi connectivity index (χ2n) is 7.51. The number of nitrogens with zero attached hydrogens (tertiary/aromatic N) is 2. The Bertz CT molecular complexity index is 1420. The minimum absolute atomic E-state index is 0.377. The summed E-state index contributed by atoms with van der Waals surface area (Å²) < 4.78 is 17.1. The van der Waals surface area contributed by atoms with Crippen molar-refractivity contribution in [2.75, 3.05) is 31.5 Å². The third-order valence-corrected chi connectivity index (χ3v) is 5.90. The summed E-state index contributed by atoms with van der Waals surface area (Å²) in [6.07, 6.45) is 1.57. The lowest BCUT2D eigenvalue weighted by molar-refractivity contribution is 0.292. The first-order valence-electron chi connectivity index (χ1n) is 10.7. The fourth-order valence-electron chi connectivity index (χ4n) is 3.88. The molecule has 0 saturated heterocycles. The first kappa shape index (κ1) is 23.7. The summed E-state index contributed by atoms with van der Waals surface area (Å²) in [7, 11) is 1.57. The van der Waals surface area contributed by atoms with Crippen molar-refractivity contribution in [3.05, 3.63) is 58.7 Å². The van der Waals surface area contributed by atoms with Gasteiger partial charge in [-0.1, -0.05) is 11.6 Å². The van der Waals surface area contributed by atoms with Crippen molar-refractivity contribution < 1.29 is 14.2 Å². The minimum Gasteiger partial charge on any atom is -0.495 e. The Kier molecular flexibility index (Phi) is 7.16. The Balaban J connectivity index is 1.92. The number of pyridine rings is 1. The van der Waals surface area contributed by atoms with Crippen LogP contribution >= 0.6 is 23.2 Å². The Labute approximate surface area is 208 Å². The van der Waals surface area contributed by atoms with Crippen molar-refractivity contribution in [3.63, 3.8) is 0 Å². The van der Waals surface area contributed by atoms with Crippen LogP contribution in [0.4, 0.5) is 11.4 Å². The molecule has 4 aromatic rings. The van der Waals surface area contributed by atoms with E-state index in [2.05, 4.69) is 16.4 Å². The van der Waals surface area contributed by atoms with Crippen LogP contribution in [0.1, 0.15) is 18.1 Å². The number of nitrogens with one attached hydrogen (secondary N) is 1. The number of ether oxygens (including phenoxy) is 3. The first-order valence-corrected chi connectivity index (χ1v) is 11.6. The topological polar surface area (TPSA) is 76.4 Å². The molecule has 34 heavy (non-hydrogen) atoms. The van der Waals surface area contributed by atoms with Crippen LogP contribution in [-0.4, -0.2) is 31.2 Å². The van der Waals surface area contributed by atoms with E-state index in [4.69, 9.17) is 37.4 Å². The zero-order valence-electron chi connectivity index (χ0n) is 19.0. The third-order valence-electron chi connectivity index (χ3n) is 5.45. The van der Waals surface area contributed by atoms with Gasteiger partial charge in [0.2, 0.25) is 0 Å². The van der Waals surface area contributed by atoms with E-state index >= 15 is 0 Å². The summed E-state index contributed by atoms with van der Waals surface area (Å²) in [5, 5.41) is 16.3. The quantitative estimate of drug-likeness (QED) is 0.209. The highest BCUT2D eigenvalue weighted by atomic mass is 35.5. The van der Waals surface area contributed by atoms with Crippen molar-refractivity contribution in [2.45, 2.75) is 13.8 Å². The minimum atomic E-state index is 0.377. The number of alkyl halides is 1. The summed E-state index contributed by atoms with van der Waals surface area (Å²) in [5.41, 5.74) is 3.52. The van der Waals surface area contributed by atoms with Crippen molar-refractivity contribution in [1.82, 2.24) is 4.98 Å². The van der Waals surface area contributed by atoms with Gasteiger partial charge in [0.05, 0.1) is 41.4 Å². The molecule has 0 aliphatic rings. The Hall–Kier alpha value is -3.40. The molecule has 0 unspecified atom stereocenters. The highest BCUT2D eigenvalue weighted by molar-refractivity contribution is 6.32. The lowest BCUT2D eigenvalue weighted by Crippen LogP contribution is -2.03. The maximum Gasteiger partial charge on any atom is 0.169 e. The number of aromatic nitrogens is 1. The molecule has 4 rings (SSSR count). The van der Waals surface area contributed by atoms with Gasteiger partial charge in [-0.05, 0) is 49.7 Å². The van der Waals surface area contributed by atoms with E-state index in [1.165, 1.54) is 0 Å². The van der Waals surface area contributed by atoms with E-state index < -0.39 is 0 Å². The van der Waals surface area contributed by atoms with Gasteiger partial charge < -0.3 is 19.5 Å². The van der Waals surface area contributed by atoms with Crippen LogP contribution in [0.3, 0.4) is 0 Å². The zero-order valence-corrected chi connectivity index (χ0v) is 20.5. The zero-order chi connectivity index (χ0) is 24.2. The number of halogens is 2. The van der Waals surface area contributed by atoms with Gasteiger partial charge in [0.25, 0.3) is 0 Å². The number of rotatable bonds is 8. The second kappa shape index (κ2) is 10.3. The van der Waals surface area contributed by atoms with Gasteiger partial charge in [-0.2, -0.15) is 5.26 Å². The summed E-state index contributed by atoms with van der Waals surface area (Å²) in [6, 6.07) is 13.6. The monoisotopic (exact) mass is 495 g/mol. The third kappa shape index (κ3) is 4.37. The van der Waals surface area contributed by atoms with Crippen LogP contribution in [0.25, 0.3) is 21.7 Å². The molecular weight excluding hydrogens is 473 g/mol. The Morgan fingerprint density at radius 3 is 2.53 bits per heavy atom. The van der Waals surface area contributed by atoms with Gasteiger partial charge in [-0.3, -0.25) is 4.98 Å². The van der Waals surface area contributed by atoms with Gasteiger partial charge in [0, 0.05) is 34.1 Å². The molecule has 0 aliphatic heterocycles. The molecule has 0 aliphatic carbocycles. The largest absolute Gasteiger partial charge is 0.495 e. The van der Waals surface area contributed by atoms with Crippen LogP contribution in [0.15, 0.2) is 42.6 Å². The molecule has 3 aromatic carbocycles. The van der Waals surface area contributed by atoms with E-state index in [1.807, 2.05) is 50.2 Å². The summed E-state index contributed by atoms with van der Waals surface area (Å²) in [6.45, 7) is 4.73. The van der Waals surface area contributed by atoms with Gasteiger partial charge in [-0.15, -0.1) is 11.6 Å². The van der Waals surface area contributed by atoms with E-state index in [0.29, 0.717) is 52.6 Å². The number of nitriles is 1. The summed E-state index contributed by atoms with van der Waals surface area (Å²) >= 11 is 12.1. The molecule has 1 N–H and O–H groups in total. The average molecular weight is 496 g/mol. The van der Waals surface area contributed by atoms with E-state index in [1.54, 1.807) is 13.3 Å². The molecule has 0 amide bonds. The lowest BCUT2D eigenvalue weighted by Gasteiger charge is -2.17. The molecule has 6 nitrogen and oxygen atoms in total. The highest BCUT2D eigenvalue weighted by Gasteiger charge is 2.17. The number of benzene rings is 3. The average Bonchev–Trinajstić information content (AvgIpc) is 2.84. The Morgan fingerprint density at radius 2 is 1.82 bits per heavy atom. The predicted molar refractivity (Wildman–Crippen MR) is 137 cm³/mol. The molecule has 0 bridgehead atoms. The van der Waals surface area contributed by atoms with E-state index in [0.717, 1.165) is 32.9 Å². The first-order chi connectivity index (χ1) is 16.5.